The predicted octanol–water partition coefficient (Wildman–Crippen LogP) is 5.26. The van der Waals surface area contributed by atoms with Gasteiger partial charge < -0.3 is 10.1 Å². The number of thioether (sulfide) groups is 1. The van der Waals surface area contributed by atoms with Crippen molar-refractivity contribution in [3.63, 3.8) is 0 Å². The molecule has 0 spiro atoms. The second kappa shape index (κ2) is 8.57. The van der Waals surface area contributed by atoms with Crippen LogP contribution in [0, 0.1) is 13.8 Å². The number of aromatic nitrogens is 3. The minimum atomic E-state index is -0.429. The lowest BCUT2D eigenvalue weighted by Crippen LogP contribution is -2.16. The summed E-state index contributed by atoms with van der Waals surface area (Å²) < 4.78 is 5.15. The van der Waals surface area contributed by atoms with Crippen molar-refractivity contribution in [2.24, 2.45) is 0 Å². The van der Waals surface area contributed by atoms with Gasteiger partial charge in [0.15, 0.2) is 0 Å². The number of esters is 1. The first kappa shape index (κ1) is 21.5. The number of anilines is 1. The number of ether oxygens (including phenoxy) is 1. The summed E-state index contributed by atoms with van der Waals surface area (Å²) in [5.41, 5.74) is 4.85. The molecule has 1 N–H and O–H groups in total. The fourth-order valence-corrected chi connectivity index (χ4v) is 5.59. The number of rotatable bonds is 6. The van der Waals surface area contributed by atoms with Crippen molar-refractivity contribution in [2.45, 2.75) is 25.9 Å². The lowest BCUT2D eigenvalue weighted by atomic mass is 10.0. The van der Waals surface area contributed by atoms with Gasteiger partial charge in [-0.1, -0.05) is 48.2 Å². The highest BCUT2D eigenvalue weighted by Crippen LogP contribution is 2.44. The minimum absolute atomic E-state index is 0.0931. The monoisotopic (exact) mass is 476 g/mol. The van der Waals surface area contributed by atoms with E-state index in [-0.39, 0.29) is 18.3 Å². The Kier molecular flexibility index (Phi) is 5.59. The third-order valence-electron chi connectivity index (χ3n) is 5.53. The molecule has 0 atom stereocenters. The van der Waals surface area contributed by atoms with E-state index in [4.69, 9.17) is 9.72 Å². The smallest absolute Gasteiger partial charge is 0.341 e. The standard InChI is InChI=1S/C24H20N4O3S2/c1-4-31-23(30)18-12(2)13(3)33-22(18)25-17(29)11-32-24-26-20-15-9-5-7-14-8-6-10-16(19(14)15)21(20)27-28-24/h5-10H,4,11H2,1-3H3,(H,25,29). The van der Waals surface area contributed by atoms with E-state index in [1.165, 1.54) is 23.1 Å². The van der Waals surface area contributed by atoms with Gasteiger partial charge in [-0.05, 0) is 31.7 Å². The van der Waals surface area contributed by atoms with Crippen molar-refractivity contribution >= 4 is 50.7 Å². The summed E-state index contributed by atoms with van der Waals surface area (Å²) in [7, 11) is 0. The molecule has 0 radical (unpaired) electrons. The van der Waals surface area contributed by atoms with Crippen molar-refractivity contribution in [3.8, 4) is 22.5 Å². The topological polar surface area (TPSA) is 94.1 Å². The highest BCUT2D eigenvalue weighted by atomic mass is 32.2. The summed E-state index contributed by atoms with van der Waals surface area (Å²) in [4.78, 5) is 30.6. The fraction of sp³-hybridized carbons (Fsp3) is 0.208. The maximum absolute atomic E-state index is 12.7. The van der Waals surface area contributed by atoms with Crippen molar-refractivity contribution in [3.05, 3.63) is 52.4 Å². The predicted molar refractivity (Wildman–Crippen MR) is 131 cm³/mol. The number of hydrogen-bond acceptors (Lipinski definition) is 8. The quantitative estimate of drug-likeness (QED) is 0.264. The van der Waals surface area contributed by atoms with E-state index < -0.39 is 5.97 Å². The van der Waals surface area contributed by atoms with Gasteiger partial charge in [-0.2, -0.15) is 0 Å². The van der Waals surface area contributed by atoms with Gasteiger partial charge in [-0.15, -0.1) is 21.5 Å². The molecule has 9 heteroatoms. The zero-order chi connectivity index (χ0) is 23.1. The summed E-state index contributed by atoms with van der Waals surface area (Å²) in [6.45, 7) is 5.79. The molecule has 33 heavy (non-hydrogen) atoms. The number of thiophene rings is 1. The van der Waals surface area contributed by atoms with E-state index in [1.807, 2.05) is 38.1 Å². The van der Waals surface area contributed by atoms with Crippen LogP contribution in [0.1, 0.15) is 27.7 Å². The third kappa shape index (κ3) is 3.77. The molecular weight excluding hydrogens is 456 g/mol. The van der Waals surface area contributed by atoms with Crippen LogP contribution in [0.2, 0.25) is 0 Å². The van der Waals surface area contributed by atoms with Gasteiger partial charge in [0.25, 0.3) is 0 Å². The Bertz CT molecular complexity index is 1430. The number of amides is 1. The highest BCUT2D eigenvalue weighted by Gasteiger charge is 2.25. The SMILES string of the molecule is CCOC(=O)c1c(NC(=O)CSc2nnc3c(n2)-c2cccc4cccc-3c24)sc(C)c1C. The summed E-state index contributed by atoms with van der Waals surface area (Å²) in [6.07, 6.45) is 0. The Hall–Kier alpha value is -3.30. The van der Waals surface area contributed by atoms with Gasteiger partial charge in [-0.3, -0.25) is 4.79 Å². The van der Waals surface area contributed by atoms with Gasteiger partial charge in [-0.25, -0.2) is 9.78 Å². The molecule has 166 valence electrons. The molecule has 0 bridgehead atoms. The zero-order valence-corrected chi connectivity index (χ0v) is 19.9. The number of nitrogens with zero attached hydrogens (tertiary/aromatic N) is 3. The first-order valence-electron chi connectivity index (χ1n) is 10.4. The van der Waals surface area contributed by atoms with Crippen molar-refractivity contribution < 1.29 is 14.3 Å². The highest BCUT2D eigenvalue weighted by molar-refractivity contribution is 7.99. The van der Waals surface area contributed by atoms with E-state index in [9.17, 15) is 9.59 Å². The molecular formula is C24H20N4O3S2. The molecule has 0 fully saturated rings. The Labute approximate surface area is 198 Å². The van der Waals surface area contributed by atoms with Crippen LogP contribution >= 0.6 is 23.1 Å². The van der Waals surface area contributed by atoms with Gasteiger partial charge in [0.2, 0.25) is 11.1 Å². The van der Waals surface area contributed by atoms with Crippen LogP contribution in [0.3, 0.4) is 0 Å². The summed E-state index contributed by atoms with van der Waals surface area (Å²) in [5.74, 6) is -0.584. The van der Waals surface area contributed by atoms with E-state index in [1.54, 1.807) is 6.92 Å². The van der Waals surface area contributed by atoms with Crippen LogP contribution in [0.5, 0.6) is 0 Å². The number of carbonyl (C=O) groups excluding carboxylic acids is 2. The first-order chi connectivity index (χ1) is 16.0. The molecule has 4 aromatic rings. The second-order valence-electron chi connectivity index (χ2n) is 7.55. The van der Waals surface area contributed by atoms with Crippen LogP contribution < -0.4 is 5.32 Å². The van der Waals surface area contributed by atoms with Crippen molar-refractivity contribution in [1.29, 1.82) is 0 Å². The largest absolute Gasteiger partial charge is 0.462 e. The molecule has 2 heterocycles. The Morgan fingerprint density at radius 3 is 2.52 bits per heavy atom. The molecule has 2 aromatic carbocycles. The van der Waals surface area contributed by atoms with Crippen LogP contribution in [0.15, 0.2) is 41.6 Å². The number of aryl methyl sites for hydroxylation is 1. The number of carbonyl (C=O) groups is 2. The third-order valence-corrected chi connectivity index (χ3v) is 7.49. The normalized spacial score (nSPS) is 11.5. The molecule has 1 aliphatic carbocycles. The summed E-state index contributed by atoms with van der Waals surface area (Å²) in [6, 6.07) is 12.2. The lowest BCUT2D eigenvalue weighted by molar-refractivity contribution is -0.113. The molecule has 0 saturated carbocycles. The number of nitrogens with one attached hydrogen (secondary N) is 1. The van der Waals surface area contributed by atoms with Crippen LogP contribution in [-0.2, 0) is 9.53 Å². The van der Waals surface area contributed by atoms with E-state index in [2.05, 4.69) is 27.6 Å². The molecule has 7 nitrogen and oxygen atoms in total. The van der Waals surface area contributed by atoms with E-state index >= 15 is 0 Å². The molecule has 1 amide bonds. The average Bonchev–Trinajstić information content (AvgIpc) is 3.28. The fourth-order valence-electron chi connectivity index (χ4n) is 3.93. The lowest BCUT2D eigenvalue weighted by Gasteiger charge is -2.07. The van der Waals surface area contributed by atoms with Crippen LogP contribution in [0.25, 0.3) is 33.3 Å². The maximum atomic E-state index is 12.7. The zero-order valence-electron chi connectivity index (χ0n) is 18.3. The van der Waals surface area contributed by atoms with Crippen molar-refractivity contribution in [2.75, 3.05) is 17.7 Å². The van der Waals surface area contributed by atoms with Crippen LogP contribution in [-0.4, -0.2) is 39.4 Å². The second-order valence-corrected chi connectivity index (χ2v) is 9.71. The minimum Gasteiger partial charge on any atom is -0.462 e. The number of fused-ring (bicyclic) bond motifs is 3. The Morgan fingerprint density at radius 2 is 1.79 bits per heavy atom. The number of benzene rings is 2. The van der Waals surface area contributed by atoms with E-state index in [0.717, 1.165) is 43.7 Å². The summed E-state index contributed by atoms with van der Waals surface area (Å²) >= 11 is 2.58. The molecule has 0 aliphatic heterocycles. The Morgan fingerprint density at radius 1 is 1.06 bits per heavy atom. The van der Waals surface area contributed by atoms with E-state index in [0.29, 0.717) is 15.7 Å². The first-order valence-corrected chi connectivity index (χ1v) is 12.2. The average molecular weight is 477 g/mol. The van der Waals surface area contributed by atoms with Crippen LogP contribution in [0.4, 0.5) is 5.00 Å². The molecule has 2 aromatic heterocycles. The van der Waals surface area contributed by atoms with Crippen molar-refractivity contribution in [1.82, 2.24) is 15.2 Å². The molecule has 5 rings (SSSR count). The number of hydrogen-bond donors (Lipinski definition) is 1. The molecule has 1 aliphatic rings. The van der Waals surface area contributed by atoms with Gasteiger partial charge >= 0.3 is 5.97 Å². The van der Waals surface area contributed by atoms with Gasteiger partial charge in [0.1, 0.15) is 16.4 Å². The summed E-state index contributed by atoms with van der Waals surface area (Å²) in [5, 5.41) is 14.7. The maximum Gasteiger partial charge on any atom is 0.341 e. The molecule has 0 unspecified atom stereocenters. The van der Waals surface area contributed by atoms with Gasteiger partial charge in [0, 0.05) is 21.4 Å². The van der Waals surface area contributed by atoms with Gasteiger partial charge in [0.05, 0.1) is 17.9 Å². The molecule has 0 saturated heterocycles. The Balaban J connectivity index is 1.33.